The molecular formula is C19H28ClN3O2. The van der Waals surface area contributed by atoms with Gasteiger partial charge in [0, 0.05) is 44.3 Å². The van der Waals surface area contributed by atoms with Gasteiger partial charge in [-0.05, 0) is 31.2 Å². The molecule has 138 valence electrons. The molecule has 2 bridgehead atoms. The van der Waals surface area contributed by atoms with E-state index < -0.39 is 0 Å². The first-order valence-corrected chi connectivity index (χ1v) is 9.23. The molecule has 3 aliphatic heterocycles. The summed E-state index contributed by atoms with van der Waals surface area (Å²) in [5.41, 5.74) is 1.04. The number of halogens is 1. The van der Waals surface area contributed by atoms with Crippen LogP contribution in [0, 0.1) is 0 Å². The maximum atomic E-state index is 12.2. The highest BCUT2D eigenvalue weighted by molar-refractivity contribution is 5.85. The van der Waals surface area contributed by atoms with Crippen molar-refractivity contribution in [1.82, 2.24) is 15.1 Å². The van der Waals surface area contributed by atoms with Crippen molar-refractivity contribution in [3.8, 4) is 0 Å². The standard InChI is InChI=1S/C19H27N3O2.ClH/c23-19(24-14-15-4-2-1-3-5-15)22-10-8-21(9-11-22)18-12-16-6-7-17(13-18)20-16;/h1-5,16-18,20H,6-14H2;1H. The maximum Gasteiger partial charge on any atom is 0.410 e. The summed E-state index contributed by atoms with van der Waals surface area (Å²) in [6, 6.07) is 12.0. The minimum atomic E-state index is -0.177. The summed E-state index contributed by atoms with van der Waals surface area (Å²) in [4.78, 5) is 16.7. The average Bonchev–Trinajstić information content (AvgIpc) is 2.98. The van der Waals surface area contributed by atoms with Gasteiger partial charge in [-0.25, -0.2) is 4.79 Å². The molecule has 0 radical (unpaired) electrons. The van der Waals surface area contributed by atoms with Crippen molar-refractivity contribution in [1.29, 1.82) is 0 Å². The third-order valence-electron chi connectivity index (χ3n) is 5.74. The van der Waals surface area contributed by atoms with Gasteiger partial charge < -0.3 is 15.0 Å². The fraction of sp³-hybridized carbons (Fsp3) is 0.632. The molecule has 3 heterocycles. The summed E-state index contributed by atoms with van der Waals surface area (Å²) in [6.45, 7) is 3.88. The second-order valence-electron chi connectivity index (χ2n) is 7.33. The van der Waals surface area contributed by atoms with E-state index in [1.54, 1.807) is 0 Å². The molecule has 25 heavy (non-hydrogen) atoms. The van der Waals surface area contributed by atoms with Crippen LogP contribution < -0.4 is 5.32 Å². The second kappa shape index (κ2) is 8.39. The van der Waals surface area contributed by atoms with Gasteiger partial charge in [0.1, 0.15) is 6.61 Å². The number of piperidine rings is 1. The molecule has 0 spiro atoms. The first kappa shape index (κ1) is 18.5. The molecule has 1 amide bonds. The number of nitrogens with zero attached hydrogens (tertiary/aromatic N) is 2. The SMILES string of the molecule is Cl.O=C(OCc1ccccc1)N1CCN(C2CC3CCC(C2)N3)CC1. The molecule has 0 aliphatic carbocycles. The number of hydrogen-bond acceptors (Lipinski definition) is 4. The zero-order valence-corrected chi connectivity index (χ0v) is 15.4. The van der Waals surface area contributed by atoms with E-state index in [0.717, 1.165) is 43.8 Å². The van der Waals surface area contributed by atoms with Crippen LogP contribution >= 0.6 is 12.4 Å². The third kappa shape index (κ3) is 4.46. The number of fused-ring (bicyclic) bond motifs is 2. The summed E-state index contributed by atoms with van der Waals surface area (Å²) >= 11 is 0. The highest BCUT2D eigenvalue weighted by atomic mass is 35.5. The summed E-state index contributed by atoms with van der Waals surface area (Å²) < 4.78 is 5.45. The average molecular weight is 366 g/mol. The Morgan fingerprint density at radius 2 is 1.68 bits per heavy atom. The lowest BCUT2D eigenvalue weighted by Gasteiger charge is -2.42. The lowest BCUT2D eigenvalue weighted by molar-refractivity contribution is 0.0499. The summed E-state index contributed by atoms with van der Waals surface area (Å²) in [5, 5.41) is 3.71. The Bertz CT molecular complexity index is 551. The number of nitrogens with one attached hydrogen (secondary N) is 1. The lowest BCUT2D eigenvalue weighted by Crippen LogP contribution is -2.55. The minimum Gasteiger partial charge on any atom is -0.445 e. The number of ether oxygens (including phenoxy) is 1. The molecule has 3 saturated heterocycles. The molecule has 4 rings (SSSR count). The second-order valence-corrected chi connectivity index (χ2v) is 7.33. The van der Waals surface area contributed by atoms with Crippen molar-refractivity contribution in [2.45, 2.75) is 50.4 Å². The van der Waals surface area contributed by atoms with E-state index in [1.165, 1.54) is 25.7 Å². The number of benzene rings is 1. The van der Waals surface area contributed by atoms with Crippen LogP contribution in [0.15, 0.2) is 30.3 Å². The topological polar surface area (TPSA) is 44.8 Å². The molecule has 2 unspecified atom stereocenters. The van der Waals surface area contributed by atoms with Crippen LogP contribution in [0.5, 0.6) is 0 Å². The lowest BCUT2D eigenvalue weighted by atomic mass is 9.97. The molecule has 2 atom stereocenters. The molecule has 3 aliphatic rings. The van der Waals surface area contributed by atoms with Crippen molar-refractivity contribution >= 4 is 18.5 Å². The molecule has 0 saturated carbocycles. The van der Waals surface area contributed by atoms with E-state index in [4.69, 9.17) is 4.74 Å². The molecule has 1 N–H and O–H groups in total. The Hall–Kier alpha value is -1.30. The normalized spacial score (nSPS) is 29.1. The van der Waals surface area contributed by atoms with E-state index >= 15 is 0 Å². The molecule has 1 aromatic rings. The Labute approximate surface area is 156 Å². The van der Waals surface area contributed by atoms with Crippen LogP contribution in [-0.4, -0.2) is 60.2 Å². The van der Waals surface area contributed by atoms with Crippen LogP contribution in [0.25, 0.3) is 0 Å². The molecule has 5 nitrogen and oxygen atoms in total. The van der Waals surface area contributed by atoms with Crippen molar-refractivity contribution in [3.05, 3.63) is 35.9 Å². The largest absolute Gasteiger partial charge is 0.445 e. The molecule has 6 heteroatoms. The van der Waals surface area contributed by atoms with E-state index in [0.29, 0.717) is 12.6 Å². The smallest absolute Gasteiger partial charge is 0.410 e. The van der Waals surface area contributed by atoms with Gasteiger partial charge in [-0.3, -0.25) is 4.90 Å². The number of carbonyl (C=O) groups is 1. The van der Waals surface area contributed by atoms with E-state index in [1.807, 2.05) is 35.2 Å². The molecule has 1 aromatic carbocycles. The highest BCUT2D eigenvalue weighted by Gasteiger charge is 2.37. The van der Waals surface area contributed by atoms with Crippen LogP contribution in [0.2, 0.25) is 0 Å². The van der Waals surface area contributed by atoms with Crippen molar-refractivity contribution in [3.63, 3.8) is 0 Å². The van der Waals surface area contributed by atoms with E-state index in [2.05, 4.69) is 10.2 Å². The van der Waals surface area contributed by atoms with Crippen molar-refractivity contribution < 1.29 is 9.53 Å². The van der Waals surface area contributed by atoms with Gasteiger partial charge in [0.25, 0.3) is 0 Å². The van der Waals surface area contributed by atoms with Crippen LogP contribution in [0.4, 0.5) is 4.79 Å². The first-order valence-electron chi connectivity index (χ1n) is 9.23. The fourth-order valence-corrected chi connectivity index (χ4v) is 4.41. The number of carbonyl (C=O) groups excluding carboxylic acids is 1. The van der Waals surface area contributed by atoms with E-state index in [9.17, 15) is 4.79 Å². The zero-order chi connectivity index (χ0) is 16.4. The summed E-state index contributed by atoms with van der Waals surface area (Å²) in [5.74, 6) is 0. The number of piperazine rings is 1. The van der Waals surface area contributed by atoms with Gasteiger partial charge in [0.05, 0.1) is 0 Å². The van der Waals surface area contributed by atoms with Crippen LogP contribution in [-0.2, 0) is 11.3 Å². The number of hydrogen-bond donors (Lipinski definition) is 1. The Morgan fingerprint density at radius 3 is 2.32 bits per heavy atom. The molecular weight excluding hydrogens is 338 g/mol. The first-order chi connectivity index (χ1) is 11.8. The highest BCUT2D eigenvalue weighted by Crippen LogP contribution is 2.30. The van der Waals surface area contributed by atoms with Gasteiger partial charge >= 0.3 is 6.09 Å². The summed E-state index contributed by atoms with van der Waals surface area (Å²) in [6.07, 6.45) is 5.05. The quantitative estimate of drug-likeness (QED) is 0.894. The number of amides is 1. The fourth-order valence-electron chi connectivity index (χ4n) is 4.41. The molecule has 0 aromatic heterocycles. The van der Waals surface area contributed by atoms with Gasteiger partial charge in [-0.15, -0.1) is 12.4 Å². The van der Waals surface area contributed by atoms with Crippen molar-refractivity contribution in [2.75, 3.05) is 26.2 Å². The maximum absolute atomic E-state index is 12.2. The zero-order valence-electron chi connectivity index (χ0n) is 14.6. The third-order valence-corrected chi connectivity index (χ3v) is 5.74. The van der Waals surface area contributed by atoms with Crippen LogP contribution in [0.1, 0.15) is 31.2 Å². The monoisotopic (exact) mass is 365 g/mol. The van der Waals surface area contributed by atoms with Gasteiger partial charge in [-0.1, -0.05) is 30.3 Å². The Kier molecular flexibility index (Phi) is 6.20. The summed E-state index contributed by atoms with van der Waals surface area (Å²) in [7, 11) is 0. The van der Waals surface area contributed by atoms with Gasteiger partial charge in [0.2, 0.25) is 0 Å². The molecule has 3 fully saturated rings. The number of rotatable bonds is 3. The minimum absolute atomic E-state index is 0. The van der Waals surface area contributed by atoms with Gasteiger partial charge in [0.15, 0.2) is 0 Å². The Balaban J connectivity index is 0.00000182. The predicted octanol–water partition coefficient (Wildman–Crippen LogP) is 2.65. The van der Waals surface area contributed by atoms with Crippen molar-refractivity contribution in [2.24, 2.45) is 0 Å². The Morgan fingerprint density at radius 1 is 1.04 bits per heavy atom. The predicted molar refractivity (Wildman–Crippen MR) is 100.0 cm³/mol. The van der Waals surface area contributed by atoms with Gasteiger partial charge in [-0.2, -0.15) is 0 Å². The van der Waals surface area contributed by atoms with E-state index in [-0.39, 0.29) is 18.5 Å². The van der Waals surface area contributed by atoms with Crippen LogP contribution in [0.3, 0.4) is 0 Å².